The van der Waals surface area contributed by atoms with Crippen LogP contribution in [0.4, 0.5) is 0 Å². The molecule has 1 N–H and O–H groups in total. The Morgan fingerprint density at radius 2 is 1.85 bits per heavy atom. The average Bonchev–Trinajstić information content (AvgIpc) is 2.38. The summed E-state index contributed by atoms with van der Waals surface area (Å²) in [6.07, 6.45) is 4.29. The van der Waals surface area contributed by atoms with Crippen LogP contribution >= 0.6 is 12.2 Å². The highest BCUT2D eigenvalue weighted by atomic mass is 32.1. The van der Waals surface area contributed by atoms with E-state index in [2.05, 4.69) is 37.7 Å². The molecule has 20 heavy (non-hydrogen) atoms. The van der Waals surface area contributed by atoms with Gasteiger partial charge < -0.3 is 9.72 Å². The molecule has 0 aromatic carbocycles. The Bertz CT molecular complexity index is 524. The van der Waals surface area contributed by atoms with Crippen LogP contribution in [-0.4, -0.2) is 17.1 Å². The molecule has 4 heteroatoms. The second kappa shape index (κ2) is 5.57. The molecule has 1 aromatic rings. The number of nitrogens with zero attached hydrogens (tertiary/aromatic N) is 1. The van der Waals surface area contributed by atoms with Crippen molar-refractivity contribution in [2.24, 2.45) is 5.41 Å². The van der Waals surface area contributed by atoms with Gasteiger partial charge in [0.15, 0.2) is 0 Å². The van der Waals surface area contributed by atoms with Crippen LogP contribution in [0.15, 0.2) is 6.07 Å². The van der Waals surface area contributed by atoms with Crippen LogP contribution in [0.3, 0.4) is 0 Å². The number of methoxy groups -OCH3 is 1. The summed E-state index contributed by atoms with van der Waals surface area (Å²) in [6, 6.07) is 1.96. The normalized spacial score (nSPS) is 21.1. The molecule has 2 rings (SSSR count). The van der Waals surface area contributed by atoms with Gasteiger partial charge >= 0.3 is 0 Å². The quantitative estimate of drug-likeness (QED) is 0.821. The molecule has 1 aliphatic rings. The molecule has 0 aliphatic heterocycles. The van der Waals surface area contributed by atoms with Crippen molar-refractivity contribution in [2.75, 3.05) is 7.11 Å². The van der Waals surface area contributed by atoms with Crippen LogP contribution in [0.5, 0.6) is 0 Å². The van der Waals surface area contributed by atoms with Crippen molar-refractivity contribution < 1.29 is 4.74 Å². The molecule has 0 spiro atoms. The monoisotopic (exact) mass is 294 g/mol. The Balaban J connectivity index is 2.40. The largest absolute Gasteiger partial charge is 0.370 e. The summed E-state index contributed by atoms with van der Waals surface area (Å²) in [5, 5.41) is 0. The van der Waals surface area contributed by atoms with E-state index in [1.165, 1.54) is 0 Å². The predicted molar refractivity (Wildman–Crippen MR) is 84.4 cm³/mol. The van der Waals surface area contributed by atoms with E-state index in [1.807, 2.05) is 6.07 Å². The summed E-state index contributed by atoms with van der Waals surface area (Å²) in [7, 11) is 1.79. The first-order valence-corrected chi connectivity index (χ1v) is 7.86. The standard InChI is InChI=1S/C16H26N2OS/c1-11(2)12-10-13(20)18-14(17-12)16(19-5)8-6-15(3,4)7-9-16/h10-11H,6-9H2,1-5H3,(H,17,18,20). The van der Waals surface area contributed by atoms with Crippen molar-refractivity contribution >= 4 is 12.2 Å². The van der Waals surface area contributed by atoms with Crippen LogP contribution < -0.4 is 0 Å². The van der Waals surface area contributed by atoms with E-state index in [1.54, 1.807) is 7.11 Å². The zero-order chi connectivity index (χ0) is 15.0. The van der Waals surface area contributed by atoms with E-state index < -0.39 is 0 Å². The molecular formula is C16H26N2OS. The third kappa shape index (κ3) is 3.12. The maximum absolute atomic E-state index is 5.91. The third-order valence-corrected chi connectivity index (χ3v) is 4.83. The van der Waals surface area contributed by atoms with Crippen LogP contribution in [0.2, 0.25) is 0 Å². The number of rotatable bonds is 3. The number of hydrogen-bond acceptors (Lipinski definition) is 3. The van der Waals surface area contributed by atoms with E-state index in [4.69, 9.17) is 17.0 Å². The van der Waals surface area contributed by atoms with E-state index in [-0.39, 0.29) is 5.60 Å². The predicted octanol–water partition coefficient (Wildman–Crippen LogP) is 4.70. The minimum absolute atomic E-state index is 0.298. The summed E-state index contributed by atoms with van der Waals surface area (Å²) < 4.78 is 6.56. The molecule has 0 saturated heterocycles. The van der Waals surface area contributed by atoms with Crippen molar-refractivity contribution in [3.63, 3.8) is 0 Å². The maximum atomic E-state index is 5.91. The van der Waals surface area contributed by atoms with Gasteiger partial charge in [-0.05, 0) is 43.1 Å². The molecular weight excluding hydrogens is 268 g/mol. The molecule has 1 aliphatic carbocycles. The minimum atomic E-state index is -0.298. The Kier molecular flexibility index (Phi) is 4.35. The number of H-pyrrole nitrogens is 1. The minimum Gasteiger partial charge on any atom is -0.370 e. The molecule has 0 unspecified atom stereocenters. The summed E-state index contributed by atoms with van der Waals surface area (Å²) in [5.74, 6) is 1.32. The van der Waals surface area contributed by atoms with Crippen molar-refractivity contribution in [1.29, 1.82) is 0 Å². The van der Waals surface area contributed by atoms with Crippen molar-refractivity contribution in [1.82, 2.24) is 9.97 Å². The Labute approximate surface area is 127 Å². The van der Waals surface area contributed by atoms with Gasteiger partial charge in [-0.3, -0.25) is 0 Å². The maximum Gasteiger partial charge on any atom is 0.140 e. The first-order valence-electron chi connectivity index (χ1n) is 7.45. The second-order valence-electron chi connectivity index (χ2n) is 7.04. The van der Waals surface area contributed by atoms with E-state index in [0.717, 1.165) is 37.2 Å². The Morgan fingerprint density at radius 3 is 2.35 bits per heavy atom. The van der Waals surface area contributed by atoms with Gasteiger partial charge in [-0.2, -0.15) is 0 Å². The highest BCUT2D eigenvalue weighted by Gasteiger charge is 2.41. The third-order valence-electron chi connectivity index (χ3n) is 4.62. The topological polar surface area (TPSA) is 37.9 Å². The molecule has 0 amide bonds. The van der Waals surface area contributed by atoms with Gasteiger partial charge in [-0.1, -0.05) is 39.9 Å². The molecule has 0 bridgehead atoms. The fraction of sp³-hybridized carbons (Fsp3) is 0.750. The van der Waals surface area contributed by atoms with Crippen molar-refractivity contribution in [2.45, 2.75) is 64.9 Å². The molecule has 1 aromatic heterocycles. The fourth-order valence-corrected chi connectivity index (χ4v) is 3.09. The second-order valence-corrected chi connectivity index (χ2v) is 7.46. The highest BCUT2D eigenvalue weighted by molar-refractivity contribution is 7.71. The summed E-state index contributed by atoms with van der Waals surface area (Å²) in [6.45, 7) is 8.97. The van der Waals surface area contributed by atoms with Crippen molar-refractivity contribution in [3.05, 3.63) is 22.2 Å². The zero-order valence-corrected chi connectivity index (χ0v) is 14.1. The van der Waals surface area contributed by atoms with Gasteiger partial charge in [0.2, 0.25) is 0 Å². The van der Waals surface area contributed by atoms with E-state index >= 15 is 0 Å². The lowest BCUT2D eigenvalue weighted by atomic mass is 9.70. The molecule has 3 nitrogen and oxygen atoms in total. The first kappa shape index (κ1) is 15.6. The van der Waals surface area contributed by atoms with Gasteiger partial charge in [0.1, 0.15) is 16.1 Å². The SMILES string of the molecule is COC1(c2nc(=S)cc(C(C)C)[nH]2)CCC(C)(C)CC1. The summed E-state index contributed by atoms with van der Waals surface area (Å²) >= 11 is 5.33. The van der Waals surface area contributed by atoms with Gasteiger partial charge in [-0.15, -0.1) is 0 Å². The lowest BCUT2D eigenvalue weighted by Crippen LogP contribution is -2.38. The summed E-state index contributed by atoms with van der Waals surface area (Å²) in [4.78, 5) is 8.04. The number of nitrogens with one attached hydrogen (secondary N) is 1. The van der Waals surface area contributed by atoms with Crippen LogP contribution in [0.1, 0.15) is 70.8 Å². The Morgan fingerprint density at radius 1 is 1.25 bits per heavy atom. The van der Waals surface area contributed by atoms with Gasteiger partial charge in [0.05, 0.1) is 0 Å². The van der Waals surface area contributed by atoms with Gasteiger partial charge in [-0.25, -0.2) is 4.98 Å². The number of aromatic amines is 1. The lowest BCUT2D eigenvalue weighted by molar-refractivity contribution is -0.0731. The molecule has 1 saturated carbocycles. The zero-order valence-electron chi connectivity index (χ0n) is 13.2. The fourth-order valence-electron chi connectivity index (χ4n) is 2.87. The molecule has 112 valence electrons. The lowest BCUT2D eigenvalue weighted by Gasteiger charge is -2.42. The number of aromatic nitrogens is 2. The van der Waals surface area contributed by atoms with E-state index in [0.29, 0.717) is 16.0 Å². The van der Waals surface area contributed by atoms with Gasteiger partial charge in [0.25, 0.3) is 0 Å². The number of hydrogen-bond donors (Lipinski definition) is 1. The molecule has 1 heterocycles. The highest BCUT2D eigenvalue weighted by Crippen LogP contribution is 2.46. The van der Waals surface area contributed by atoms with Crippen LogP contribution in [0.25, 0.3) is 0 Å². The molecule has 0 radical (unpaired) electrons. The van der Waals surface area contributed by atoms with Crippen LogP contribution in [-0.2, 0) is 10.3 Å². The molecule has 0 atom stereocenters. The smallest absolute Gasteiger partial charge is 0.140 e. The van der Waals surface area contributed by atoms with Crippen LogP contribution in [0, 0.1) is 10.1 Å². The number of ether oxygens (including phenoxy) is 1. The van der Waals surface area contributed by atoms with E-state index in [9.17, 15) is 0 Å². The summed E-state index contributed by atoms with van der Waals surface area (Å²) in [5.41, 5.74) is 1.24. The van der Waals surface area contributed by atoms with Crippen molar-refractivity contribution in [3.8, 4) is 0 Å². The molecule has 1 fully saturated rings. The van der Waals surface area contributed by atoms with Gasteiger partial charge in [0, 0.05) is 12.8 Å². The average molecular weight is 294 g/mol. The Hall–Kier alpha value is -0.740. The first-order chi connectivity index (χ1) is 9.28.